The van der Waals surface area contributed by atoms with Gasteiger partial charge < -0.3 is 0 Å². The van der Waals surface area contributed by atoms with Crippen molar-refractivity contribution in [2.45, 2.75) is 6.54 Å². The zero-order valence-corrected chi connectivity index (χ0v) is 12.9. The maximum Gasteiger partial charge on any atom is 0.195 e. The second kappa shape index (κ2) is 6.56. The molecule has 3 rings (SSSR count). The summed E-state index contributed by atoms with van der Waals surface area (Å²) in [5, 5.41) is 7.29. The normalized spacial score (nSPS) is 16.4. The van der Waals surface area contributed by atoms with Crippen molar-refractivity contribution in [1.82, 2.24) is 19.7 Å². The number of aromatic nitrogens is 3. The molecule has 0 amide bonds. The number of benzene rings is 1. The number of hydrogen-bond donors (Lipinski definition) is 1. The Hall–Kier alpha value is -1.11. The highest BCUT2D eigenvalue weighted by atomic mass is 32.2. The van der Waals surface area contributed by atoms with Crippen LogP contribution in [0.4, 0.5) is 0 Å². The maximum atomic E-state index is 5.36. The smallest absolute Gasteiger partial charge is 0.195 e. The molecule has 1 aliphatic heterocycles. The van der Waals surface area contributed by atoms with Crippen LogP contribution in [-0.4, -0.2) is 50.8 Å². The molecule has 20 heavy (non-hydrogen) atoms. The van der Waals surface area contributed by atoms with Crippen molar-refractivity contribution in [3.63, 3.8) is 0 Å². The van der Waals surface area contributed by atoms with Crippen LogP contribution in [0.2, 0.25) is 0 Å². The van der Waals surface area contributed by atoms with E-state index in [1.54, 1.807) is 0 Å². The molecule has 0 spiro atoms. The summed E-state index contributed by atoms with van der Waals surface area (Å²) in [5.74, 6) is 3.41. The molecule has 6 heteroatoms. The molecule has 1 aromatic heterocycles. The van der Waals surface area contributed by atoms with Gasteiger partial charge in [-0.05, 0) is 12.2 Å². The van der Waals surface area contributed by atoms with E-state index in [-0.39, 0.29) is 0 Å². The van der Waals surface area contributed by atoms with Gasteiger partial charge in [-0.25, -0.2) is 0 Å². The third-order valence-electron chi connectivity index (χ3n) is 3.53. The van der Waals surface area contributed by atoms with Gasteiger partial charge in [0.05, 0.1) is 0 Å². The van der Waals surface area contributed by atoms with Gasteiger partial charge in [-0.15, -0.1) is 0 Å². The molecule has 1 saturated heterocycles. The predicted octanol–water partition coefficient (Wildman–Crippen LogP) is 2.66. The molecule has 1 N–H and O–H groups in total. The van der Waals surface area contributed by atoms with E-state index >= 15 is 0 Å². The number of nitrogens with one attached hydrogen (secondary N) is 1. The van der Waals surface area contributed by atoms with Gasteiger partial charge in [0.2, 0.25) is 0 Å². The first-order valence-corrected chi connectivity index (χ1v) is 8.41. The molecule has 0 unspecified atom stereocenters. The average molecular weight is 306 g/mol. The fraction of sp³-hybridized carbons (Fsp3) is 0.429. The zero-order valence-electron chi connectivity index (χ0n) is 11.3. The van der Waals surface area contributed by atoms with Crippen molar-refractivity contribution in [3.05, 3.63) is 35.1 Å². The molecular weight excluding hydrogens is 288 g/mol. The van der Waals surface area contributed by atoms with Crippen LogP contribution in [0.15, 0.2) is 30.3 Å². The van der Waals surface area contributed by atoms with E-state index in [1.165, 1.54) is 24.6 Å². The van der Waals surface area contributed by atoms with Crippen LogP contribution in [-0.2, 0) is 6.54 Å². The number of H-pyrrole nitrogens is 1. The van der Waals surface area contributed by atoms with E-state index in [9.17, 15) is 0 Å². The lowest BCUT2D eigenvalue weighted by Gasteiger charge is -2.26. The molecule has 1 aliphatic rings. The quantitative estimate of drug-likeness (QED) is 0.881. The van der Waals surface area contributed by atoms with Crippen LogP contribution in [0.3, 0.4) is 0 Å². The number of nitrogens with zero attached hydrogens (tertiary/aromatic N) is 3. The van der Waals surface area contributed by atoms with Crippen molar-refractivity contribution in [2.75, 3.05) is 31.1 Å². The van der Waals surface area contributed by atoms with E-state index < -0.39 is 0 Å². The predicted molar refractivity (Wildman–Crippen MR) is 86.6 cm³/mol. The Balaban J connectivity index is 1.76. The van der Waals surface area contributed by atoms with Gasteiger partial charge in [-0.2, -0.15) is 16.9 Å². The van der Waals surface area contributed by atoms with Crippen molar-refractivity contribution in [1.29, 1.82) is 0 Å². The minimum Gasteiger partial charge on any atom is -0.300 e. The molecule has 106 valence electrons. The zero-order chi connectivity index (χ0) is 13.8. The highest BCUT2D eigenvalue weighted by Crippen LogP contribution is 2.17. The molecule has 2 heterocycles. The summed E-state index contributed by atoms with van der Waals surface area (Å²) in [7, 11) is 0. The van der Waals surface area contributed by atoms with E-state index in [1.807, 2.05) is 30.0 Å². The number of aromatic amines is 1. The second-order valence-electron chi connectivity index (χ2n) is 4.82. The lowest BCUT2D eigenvalue weighted by atomic mass is 10.2. The summed E-state index contributed by atoms with van der Waals surface area (Å²) in [5.41, 5.74) is 1.11. The standard InChI is InChI=1S/C14H18N4S2/c19-14-16-15-13(12-4-2-1-3-5-12)18(14)7-6-17-8-10-20-11-9-17/h1-5H,6-11H2,(H,16,19). The van der Waals surface area contributed by atoms with Crippen LogP contribution < -0.4 is 0 Å². The largest absolute Gasteiger partial charge is 0.300 e. The number of rotatable bonds is 4. The van der Waals surface area contributed by atoms with E-state index in [0.717, 1.165) is 24.5 Å². The topological polar surface area (TPSA) is 36.9 Å². The van der Waals surface area contributed by atoms with Crippen molar-refractivity contribution >= 4 is 24.0 Å². The Bertz CT molecular complexity index is 599. The van der Waals surface area contributed by atoms with Gasteiger partial charge in [-0.1, -0.05) is 30.3 Å². The Labute approximate surface area is 128 Å². The summed E-state index contributed by atoms with van der Waals surface area (Å²) < 4.78 is 2.81. The molecular formula is C14H18N4S2. The molecule has 0 bridgehead atoms. The highest BCUT2D eigenvalue weighted by Gasteiger charge is 2.13. The van der Waals surface area contributed by atoms with Gasteiger partial charge in [0.15, 0.2) is 10.6 Å². The fourth-order valence-electron chi connectivity index (χ4n) is 2.40. The van der Waals surface area contributed by atoms with Gasteiger partial charge >= 0.3 is 0 Å². The van der Waals surface area contributed by atoms with Crippen LogP contribution in [0.5, 0.6) is 0 Å². The lowest BCUT2D eigenvalue weighted by molar-refractivity contribution is 0.289. The Morgan fingerprint density at radius 2 is 1.90 bits per heavy atom. The Morgan fingerprint density at radius 1 is 1.15 bits per heavy atom. The van der Waals surface area contributed by atoms with Crippen molar-refractivity contribution < 1.29 is 0 Å². The number of hydrogen-bond acceptors (Lipinski definition) is 4. The van der Waals surface area contributed by atoms with Gasteiger partial charge in [0.1, 0.15) is 0 Å². The average Bonchev–Trinajstić information content (AvgIpc) is 2.88. The summed E-state index contributed by atoms with van der Waals surface area (Å²) in [6.45, 7) is 4.28. The summed E-state index contributed by atoms with van der Waals surface area (Å²) in [6, 6.07) is 10.2. The van der Waals surface area contributed by atoms with Crippen LogP contribution in [0.1, 0.15) is 0 Å². The third-order valence-corrected chi connectivity index (χ3v) is 4.79. The lowest BCUT2D eigenvalue weighted by Crippen LogP contribution is -2.35. The van der Waals surface area contributed by atoms with Crippen molar-refractivity contribution in [3.8, 4) is 11.4 Å². The summed E-state index contributed by atoms with van der Waals surface area (Å²) >= 11 is 7.40. The summed E-state index contributed by atoms with van der Waals surface area (Å²) in [4.78, 5) is 2.50. The van der Waals surface area contributed by atoms with E-state index in [0.29, 0.717) is 4.77 Å². The molecule has 0 aliphatic carbocycles. The van der Waals surface area contributed by atoms with Crippen LogP contribution in [0, 0.1) is 4.77 Å². The first-order chi connectivity index (χ1) is 9.84. The Kier molecular flexibility index (Phi) is 4.54. The highest BCUT2D eigenvalue weighted by molar-refractivity contribution is 7.99. The minimum absolute atomic E-state index is 0.704. The molecule has 1 aromatic carbocycles. The van der Waals surface area contributed by atoms with Gasteiger partial charge in [0.25, 0.3) is 0 Å². The molecule has 0 saturated carbocycles. The van der Waals surface area contributed by atoms with Crippen LogP contribution in [0.25, 0.3) is 11.4 Å². The third kappa shape index (κ3) is 3.13. The maximum absolute atomic E-state index is 5.36. The van der Waals surface area contributed by atoms with Gasteiger partial charge in [0, 0.05) is 43.2 Å². The molecule has 0 atom stereocenters. The summed E-state index contributed by atoms with van der Waals surface area (Å²) in [6.07, 6.45) is 0. The molecule has 4 nitrogen and oxygen atoms in total. The fourth-order valence-corrected chi connectivity index (χ4v) is 3.60. The van der Waals surface area contributed by atoms with Crippen molar-refractivity contribution in [2.24, 2.45) is 0 Å². The van der Waals surface area contributed by atoms with E-state index in [4.69, 9.17) is 12.2 Å². The minimum atomic E-state index is 0.704. The SMILES string of the molecule is S=c1[nH]nc(-c2ccccc2)n1CCN1CCSCC1. The molecule has 2 aromatic rings. The molecule has 1 fully saturated rings. The van der Waals surface area contributed by atoms with Crippen LogP contribution >= 0.6 is 24.0 Å². The monoisotopic (exact) mass is 306 g/mol. The van der Waals surface area contributed by atoms with Gasteiger partial charge in [-0.3, -0.25) is 14.6 Å². The number of thioether (sulfide) groups is 1. The second-order valence-corrected chi connectivity index (χ2v) is 6.44. The van der Waals surface area contributed by atoms with E-state index in [2.05, 4.69) is 31.8 Å². The first kappa shape index (κ1) is 13.9. The first-order valence-electron chi connectivity index (χ1n) is 6.85. The Morgan fingerprint density at radius 3 is 2.65 bits per heavy atom. The molecule has 0 radical (unpaired) electrons.